The quantitative estimate of drug-likeness (QED) is 0.459. The Hall–Kier alpha value is -3.52. The molecule has 4 rings (SSSR count). The number of ether oxygens (including phenoxy) is 1. The summed E-state index contributed by atoms with van der Waals surface area (Å²) in [6.45, 7) is 0.892. The second-order valence-electron chi connectivity index (χ2n) is 6.68. The molecule has 0 unspecified atom stereocenters. The minimum absolute atomic E-state index is 0.206. The number of carbonyl (C=O) groups is 1. The van der Waals surface area contributed by atoms with Crippen molar-refractivity contribution in [1.29, 1.82) is 0 Å². The minimum atomic E-state index is -0.281. The molecule has 2 aromatic heterocycles. The fourth-order valence-electron chi connectivity index (χ4n) is 2.95. The van der Waals surface area contributed by atoms with E-state index in [9.17, 15) is 9.59 Å². The van der Waals surface area contributed by atoms with Gasteiger partial charge in [0, 0.05) is 13.1 Å². The highest BCUT2D eigenvalue weighted by Gasteiger charge is 2.17. The normalized spacial score (nSPS) is 10.8. The van der Waals surface area contributed by atoms with Crippen molar-refractivity contribution in [2.24, 2.45) is 0 Å². The molecule has 2 aromatic carbocycles. The highest BCUT2D eigenvalue weighted by atomic mass is 32.1. The molecule has 0 saturated heterocycles. The van der Waals surface area contributed by atoms with E-state index in [0.29, 0.717) is 12.3 Å². The topological polar surface area (TPSA) is 77.3 Å². The molecule has 0 N–H and O–H groups in total. The van der Waals surface area contributed by atoms with Crippen LogP contribution >= 0.6 is 11.3 Å². The molecule has 0 spiro atoms. The lowest BCUT2D eigenvalue weighted by atomic mass is 10.3. The van der Waals surface area contributed by atoms with Gasteiger partial charge in [-0.15, -0.1) is 11.3 Å². The minimum Gasteiger partial charge on any atom is -0.492 e. The maximum Gasteiger partial charge on any atom is 0.274 e. The van der Waals surface area contributed by atoms with E-state index in [2.05, 4.69) is 10.1 Å². The highest BCUT2D eigenvalue weighted by Crippen LogP contribution is 2.22. The molecule has 7 nitrogen and oxygen atoms in total. The van der Waals surface area contributed by atoms with Crippen molar-refractivity contribution in [3.05, 3.63) is 87.8 Å². The van der Waals surface area contributed by atoms with Crippen LogP contribution in [0, 0.1) is 0 Å². The van der Waals surface area contributed by atoms with E-state index in [1.54, 1.807) is 23.3 Å². The molecule has 1 amide bonds. The molecule has 0 saturated carbocycles. The van der Waals surface area contributed by atoms with Crippen LogP contribution in [0.4, 0.5) is 0 Å². The van der Waals surface area contributed by atoms with E-state index in [4.69, 9.17) is 4.74 Å². The Bertz CT molecular complexity index is 1190. The summed E-state index contributed by atoms with van der Waals surface area (Å²) in [5.41, 5.74) is 0.846. The van der Waals surface area contributed by atoms with Crippen molar-refractivity contribution in [1.82, 2.24) is 19.7 Å². The predicted octanol–water partition coefficient (Wildman–Crippen LogP) is 3.20. The Morgan fingerprint density at radius 1 is 1.07 bits per heavy atom. The number of para-hydroxylation sites is 2. The van der Waals surface area contributed by atoms with E-state index in [1.807, 2.05) is 54.6 Å². The summed E-state index contributed by atoms with van der Waals surface area (Å²) in [6.07, 6.45) is 0. The molecular formula is C22H20N4O3S. The lowest BCUT2D eigenvalue weighted by Gasteiger charge is -2.15. The Kier molecular flexibility index (Phi) is 5.85. The molecule has 2 heterocycles. The van der Waals surface area contributed by atoms with E-state index in [-0.39, 0.29) is 30.3 Å². The number of hydrogen-bond donors (Lipinski definition) is 0. The van der Waals surface area contributed by atoms with Gasteiger partial charge in [-0.25, -0.2) is 9.67 Å². The third-order valence-electron chi connectivity index (χ3n) is 4.46. The molecule has 152 valence electrons. The molecular weight excluding hydrogens is 400 g/mol. The fourth-order valence-corrected chi connectivity index (χ4v) is 3.97. The van der Waals surface area contributed by atoms with Crippen LogP contribution in [-0.4, -0.2) is 39.2 Å². The Labute approximate surface area is 177 Å². The number of nitrogens with zero attached hydrogens (tertiary/aromatic N) is 4. The third kappa shape index (κ3) is 4.55. The predicted molar refractivity (Wildman–Crippen MR) is 116 cm³/mol. The van der Waals surface area contributed by atoms with Crippen LogP contribution in [0.1, 0.15) is 15.5 Å². The van der Waals surface area contributed by atoms with Gasteiger partial charge in [0.1, 0.15) is 23.1 Å². The SMILES string of the molecule is CN(Cc1nc2ccccc2s1)C(=O)c1ccc(=O)n(CCOc2ccccc2)n1. The number of benzene rings is 2. The van der Waals surface area contributed by atoms with Crippen molar-refractivity contribution >= 4 is 27.5 Å². The number of carbonyl (C=O) groups excluding carboxylic acids is 1. The summed E-state index contributed by atoms with van der Waals surface area (Å²) >= 11 is 1.56. The lowest BCUT2D eigenvalue weighted by molar-refractivity contribution is 0.0776. The van der Waals surface area contributed by atoms with E-state index < -0.39 is 0 Å². The van der Waals surface area contributed by atoms with Crippen LogP contribution in [0.3, 0.4) is 0 Å². The Morgan fingerprint density at radius 2 is 1.83 bits per heavy atom. The standard InChI is InChI=1S/C22H20N4O3S/c1-25(15-20-23-17-9-5-6-10-19(17)30-20)22(28)18-11-12-21(27)26(24-18)13-14-29-16-7-3-2-4-8-16/h2-12H,13-15H2,1H3. The zero-order valence-electron chi connectivity index (χ0n) is 16.4. The van der Waals surface area contributed by atoms with Gasteiger partial charge < -0.3 is 9.64 Å². The largest absolute Gasteiger partial charge is 0.492 e. The average molecular weight is 420 g/mol. The van der Waals surface area contributed by atoms with Crippen molar-refractivity contribution in [3.8, 4) is 5.75 Å². The first-order chi connectivity index (χ1) is 14.6. The van der Waals surface area contributed by atoms with Crippen LogP contribution in [-0.2, 0) is 13.1 Å². The third-order valence-corrected chi connectivity index (χ3v) is 5.48. The molecule has 0 aliphatic carbocycles. The molecule has 4 aromatic rings. The number of aromatic nitrogens is 3. The first-order valence-electron chi connectivity index (χ1n) is 9.46. The number of rotatable bonds is 7. The van der Waals surface area contributed by atoms with Gasteiger partial charge in [-0.2, -0.15) is 5.10 Å². The van der Waals surface area contributed by atoms with Gasteiger partial charge in [0.25, 0.3) is 11.5 Å². The molecule has 0 aliphatic heterocycles. The molecule has 0 fully saturated rings. The summed E-state index contributed by atoms with van der Waals surface area (Å²) in [7, 11) is 1.70. The lowest BCUT2D eigenvalue weighted by Crippen LogP contribution is -2.31. The summed E-state index contributed by atoms with van der Waals surface area (Å²) < 4.78 is 7.95. The first kappa shape index (κ1) is 19.8. The van der Waals surface area contributed by atoms with Crippen molar-refractivity contribution < 1.29 is 9.53 Å². The molecule has 0 bridgehead atoms. The molecule has 0 aliphatic rings. The van der Waals surface area contributed by atoms with Gasteiger partial charge in [-0.05, 0) is 30.3 Å². The summed E-state index contributed by atoms with van der Waals surface area (Å²) in [5.74, 6) is 0.445. The van der Waals surface area contributed by atoms with Crippen molar-refractivity contribution in [2.45, 2.75) is 13.1 Å². The van der Waals surface area contributed by atoms with E-state index >= 15 is 0 Å². The van der Waals surface area contributed by atoms with Crippen LogP contribution < -0.4 is 10.3 Å². The smallest absolute Gasteiger partial charge is 0.274 e. The Morgan fingerprint density at radius 3 is 2.63 bits per heavy atom. The summed E-state index contributed by atoms with van der Waals surface area (Å²) in [5, 5.41) is 5.07. The van der Waals surface area contributed by atoms with Gasteiger partial charge in [0.05, 0.1) is 23.3 Å². The monoisotopic (exact) mass is 420 g/mol. The van der Waals surface area contributed by atoms with Crippen molar-refractivity contribution in [2.75, 3.05) is 13.7 Å². The number of fused-ring (bicyclic) bond motifs is 1. The van der Waals surface area contributed by atoms with E-state index in [1.165, 1.54) is 16.8 Å². The van der Waals surface area contributed by atoms with Gasteiger partial charge >= 0.3 is 0 Å². The second-order valence-corrected chi connectivity index (χ2v) is 7.79. The average Bonchev–Trinajstić information content (AvgIpc) is 3.17. The second kappa shape index (κ2) is 8.87. The molecule has 8 heteroatoms. The number of amides is 1. The first-order valence-corrected chi connectivity index (χ1v) is 10.3. The van der Waals surface area contributed by atoms with E-state index in [0.717, 1.165) is 15.2 Å². The van der Waals surface area contributed by atoms with Gasteiger partial charge in [0.2, 0.25) is 0 Å². The molecule has 30 heavy (non-hydrogen) atoms. The zero-order chi connectivity index (χ0) is 20.9. The maximum absolute atomic E-state index is 12.8. The highest BCUT2D eigenvalue weighted by molar-refractivity contribution is 7.18. The zero-order valence-corrected chi connectivity index (χ0v) is 17.2. The fraction of sp³-hybridized carbons (Fsp3) is 0.182. The van der Waals surface area contributed by atoms with Crippen LogP contribution in [0.15, 0.2) is 71.5 Å². The maximum atomic E-state index is 12.8. The van der Waals surface area contributed by atoms with Crippen LogP contribution in [0.5, 0.6) is 5.75 Å². The number of hydrogen-bond acceptors (Lipinski definition) is 6. The van der Waals surface area contributed by atoms with Gasteiger partial charge in [-0.1, -0.05) is 30.3 Å². The summed E-state index contributed by atoms with van der Waals surface area (Å²) in [4.78, 5) is 31.0. The van der Waals surface area contributed by atoms with Crippen LogP contribution in [0.2, 0.25) is 0 Å². The summed E-state index contributed by atoms with van der Waals surface area (Å²) in [6, 6.07) is 20.0. The number of thiazole rings is 1. The van der Waals surface area contributed by atoms with Gasteiger partial charge in [-0.3, -0.25) is 9.59 Å². The Balaban J connectivity index is 1.42. The van der Waals surface area contributed by atoms with Gasteiger partial charge in [0.15, 0.2) is 0 Å². The molecule has 0 atom stereocenters. The van der Waals surface area contributed by atoms with Crippen LogP contribution in [0.25, 0.3) is 10.2 Å². The molecule has 0 radical (unpaired) electrons. The van der Waals surface area contributed by atoms with Crippen molar-refractivity contribution in [3.63, 3.8) is 0 Å².